The predicted octanol–water partition coefficient (Wildman–Crippen LogP) is 9.29. The van der Waals surface area contributed by atoms with Crippen LogP contribution >= 0.6 is 0 Å². The molecule has 0 unspecified atom stereocenters. The zero-order valence-electron chi connectivity index (χ0n) is 20.3. The molecule has 0 amide bonds. The molecule has 178 valence electrons. The van der Waals surface area contributed by atoms with Gasteiger partial charge in [-0.2, -0.15) is 0 Å². The molecule has 38 heavy (non-hydrogen) atoms. The summed E-state index contributed by atoms with van der Waals surface area (Å²) in [6.07, 6.45) is 3.74. The highest BCUT2D eigenvalue weighted by Crippen LogP contribution is 2.43. The fourth-order valence-corrected chi connectivity index (χ4v) is 5.36. The van der Waals surface area contributed by atoms with Gasteiger partial charge in [-0.1, -0.05) is 66.7 Å². The van der Waals surface area contributed by atoms with Crippen molar-refractivity contribution in [3.8, 4) is 22.8 Å². The first kappa shape index (κ1) is 20.9. The van der Waals surface area contributed by atoms with Gasteiger partial charge in [0, 0.05) is 44.9 Å². The van der Waals surface area contributed by atoms with Crippen molar-refractivity contribution in [3.05, 3.63) is 122 Å². The molecule has 0 spiro atoms. The molecule has 8 rings (SSSR count). The largest absolute Gasteiger partial charge is 0.457 e. The number of ether oxygens (including phenoxy) is 1. The number of pyridine rings is 2. The van der Waals surface area contributed by atoms with Gasteiger partial charge in [0.2, 0.25) is 0 Å². The lowest BCUT2D eigenvalue weighted by Gasteiger charge is -2.12. The van der Waals surface area contributed by atoms with Crippen LogP contribution in [-0.4, -0.2) is 9.97 Å². The predicted molar refractivity (Wildman–Crippen MR) is 154 cm³/mol. The fraction of sp³-hybridized carbons (Fsp3) is 0. The Hall–Kier alpha value is -5.22. The van der Waals surface area contributed by atoms with E-state index >= 15 is 0 Å². The number of aromatic nitrogens is 2. The number of para-hydroxylation sites is 1. The van der Waals surface area contributed by atoms with Crippen LogP contribution in [0.25, 0.3) is 65.6 Å². The van der Waals surface area contributed by atoms with Crippen LogP contribution in [-0.2, 0) is 0 Å². The van der Waals surface area contributed by atoms with E-state index < -0.39 is 0 Å². The number of hydrogen-bond acceptors (Lipinski definition) is 4. The van der Waals surface area contributed by atoms with Crippen LogP contribution in [0.5, 0.6) is 11.5 Å². The number of benzene rings is 5. The van der Waals surface area contributed by atoms with Crippen LogP contribution in [0.4, 0.5) is 0 Å². The van der Waals surface area contributed by atoms with Gasteiger partial charge >= 0.3 is 0 Å². The van der Waals surface area contributed by atoms with E-state index in [4.69, 9.17) is 19.1 Å². The van der Waals surface area contributed by atoms with Crippen molar-refractivity contribution in [1.29, 1.82) is 0 Å². The molecule has 3 heterocycles. The third kappa shape index (κ3) is 3.24. The molecule has 0 bridgehead atoms. The quantitative estimate of drug-likeness (QED) is 0.233. The number of hydrogen-bond donors (Lipinski definition) is 0. The third-order valence-electron chi connectivity index (χ3n) is 7.16. The lowest BCUT2D eigenvalue weighted by Crippen LogP contribution is -1.90. The average molecular weight is 489 g/mol. The summed E-state index contributed by atoms with van der Waals surface area (Å²) in [6.45, 7) is 0. The standard InChI is InChI=1S/C34H20N2O2/c1-2-8-24-20-36-29(18-22(24)7-1)23-9-5-11-25(17-23)37-31-19-28-26(15-14-21-10-6-16-35-33(21)28)34-32(31)27-12-3-4-13-30(27)38-34/h1-20H. The average Bonchev–Trinajstić information content (AvgIpc) is 3.37. The summed E-state index contributed by atoms with van der Waals surface area (Å²) in [4.78, 5) is 9.40. The summed E-state index contributed by atoms with van der Waals surface area (Å²) in [5, 5.41) is 7.34. The minimum Gasteiger partial charge on any atom is -0.457 e. The molecule has 5 aromatic carbocycles. The molecule has 0 aliphatic heterocycles. The lowest BCUT2D eigenvalue weighted by atomic mass is 10.0. The molecule has 0 radical (unpaired) electrons. The van der Waals surface area contributed by atoms with Gasteiger partial charge in [0.25, 0.3) is 0 Å². The smallest absolute Gasteiger partial charge is 0.147 e. The van der Waals surface area contributed by atoms with E-state index in [1.165, 1.54) is 0 Å². The molecule has 0 saturated carbocycles. The van der Waals surface area contributed by atoms with Crippen molar-refractivity contribution >= 4 is 54.4 Å². The van der Waals surface area contributed by atoms with Crippen LogP contribution in [0.3, 0.4) is 0 Å². The molecule has 0 saturated heterocycles. The third-order valence-corrected chi connectivity index (χ3v) is 7.16. The van der Waals surface area contributed by atoms with Crippen molar-refractivity contribution in [2.45, 2.75) is 0 Å². The molecule has 0 aliphatic carbocycles. The maximum Gasteiger partial charge on any atom is 0.147 e. The van der Waals surface area contributed by atoms with Crippen molar-refractivity contribution in [1.82, 2.24) is 9.97 Å². The monoisotopic (exact) mass is 488 g/mol. The maximum absolute atomic E-state index is 6.65. The second kappa shape index (κ2) is 8.15. The number of nitrogens with zero attached hydrogens (tertiary/aromatic N) is 2. The summed E-state index contributed by atoms with van der Waals surface area (Å²) in [7, 11) is 0. The Kier molecular flexibility index (Phi) is 4.49. The fourth-order valence-electron chi connectivity index (χ4n) is 5.36. The van der Waals surface area contributed by atoms with E-state index in [0.29, 0.717) is 0 Å². The van der Waals surface area contributed by atoms with E-state index in [1.54, 1.807) is 0 Å². The number of fused-ring (bicyclic) bond motifs is 8. The topological polar surface area (TPSA) is 48.2 Å². The first-order valence-electron chi connectivity index (χ1n) is 12.6. The van der Waals surface area contributed by atoms with Gasteiger partial charge in [-0.05, 0) is 47.9 Å². The van der Waals surface area contributed by atoms with Gasteiger partial charge in [0.05, 0.1) is 16.6 Å². The van der Waals surface area contributed by atoms with Gasteiger partial charge in [-0.15, -0.1) is 0 Å². The SMILES string of the molecule is c1cc(Oc2cc3c(ccc4cccnc43)c3oc4ccccc4c23)cc(-c2cc3ccccc3cn2)c1. The normalized spacial score (nSPS) is 11.7. The molecule has 3 aromatic heterocycles. The minimum atomic E-state index is 0.733. The Bertz CT molecular complexity index is 2180. The van der Waals surface area contributed by atoms with Crippen molar-refractivity contribution in [2.75, 3.05) is 0 Å². The molecule has 8 aromatic rings. The maximum atomic E-state index is 6.65. The number of rotatable bonds is 3. The minimum absolute atomic E-state index is 0.733. The van der Waals surface area contributed by atoms with E-state index in [0.717, 1.165) is 77.1 Å². The Morgan fingerprint density at radius 1 is 0.605 bits per heavy atom. The highest BCUT2D eigenvalue weighted by Gasteiger charge is 2.18. The van der Waals surface area contributed by atoms with Crippen LogP contribution in [0.1, 0.15) is 0 Å². The second-order valence-electron chi connectivity index (χ2n) is 9.46. The molecule has 0 aliphatic rings. The molecule has 4 nitrogen and oxygen atoms in total. The molecule has 0 fully saturated rings. The Morgan fingerprint density at radius 3 is 2.45 bits per heavy atom. The van der Waals surface area contributed by atoms with Gasteiger partial charge in [-0.3, -0.25) is 9.97 Å². The van der Waals surface area contributed by atoms with Gasteiger partial charge in [0.15, 0.2) is 0 Å². The number of furan rings is 1. The highest BCUT2D eigenvalue weighted by atomic mass is 16.5. The van der Waals surface area contributed by atoms with E-state index in [2.05, 4.69) is 54.6 Å². The summed E-state index contributed by atoms with van der Waals surface area (Å²) in [5.41, 5.74) is 4.45. The zero-order chi connectivity index (χ0) is 25.1. The van der Waals surface area contributed by atoms with E-state index in [-0.39, 0.29) is 0 Å². The Balaban J connectivity index is 1.33. The summed E-state index contributed by atoms with van der Waals surface area (Å²) in [5.74, 6) is 1.47. The van der Waals surface area contributed by atoms with Crippen LogP contribution in [0, 0.1) is 0 Å². The first-order chi connectivity index (χ1) is 18.8. The molecule has 4 heteroatoms. The first-order valence-corrected chi connectivity index (χ1v) is 12.6. The molecule has 0 N–H and O–H groups in total. The van der Waals surface area contributed by atoms with E-state index in [1.807, 2.05) is 67.0 Å². The van der Waals surface area contributed by atoms with Crippen LogP contribution in [0.15, 0.2) is 126 Å². The van der Waals surface area contributed by atoms with Crippen molar-refractivity contribution in [2.24, 2.45) is 0 Å². The summed E-state index contributed by atoms with van der Waals surface area (Å²) < 4.78 is 13.1. The van der Waals surface area contributed by atoms with Crippen molar-refractivity contribution < 1.29 is 9.15 Å². The Morgan fingerprint density at radius 2 is 1.47 bits per heavy atom. The summed E-state index contributed by atoms with van der Waals surface area (Å²) >= 11 is 0. The zero-order valence-corrected chi connectivity index (χ0v) is 20.3. The second-order valence-corrected chi connectivity index (χ2v) is 9.46. The van der Waals surface area contributed by atoms with E-state index in [9.17, 15) is 0 Å². The highest BCUT2D eigenvalue weighted by molar-refractivity contribution is 6.22. The molecule has 0 atom stereocenters. The molecular weight excluding hydrogens is 468 g/mol. The van der Waals surface area contributed by atoms with Gasteiger partial charge < -0.3 is 9.15 Å². The summed E-state index contributed by atoms with van der Waals surface area (Å²) in [6, 6.07) is 36.9. The molecular formula is C34H20N2O2. The Labute approximate surface area is 217 Å². The van der Waals surface area contributed by atoms with Crippen LogP contribution in [0.2, 0.25) is 0 Å². The van der Waals surface area contributed by atoms with Gasteiger partial charge in [0.1, 0.15) is 22.7 Å². The van der Waals surface area contributed by atoms with Crippen LogP contribution < -0.4 is 4.74 Å². The van der Waals surface area contributed by atoms with Gasteiger partial charge in [-0.25, -0.2) is 0 Å². The lowest BCUT2D eigenvalue weighted by molar-refractivity contribution is 0.489. The van der Waals surface area contributed by atoms with Crippen molar-refractivity contribution in [3.63, 3.8) is 0 Å².